The molecule has 0 N–H and O–H groups in total. The molecule has 0 bridgehead atoms. The Bertz CT molecular complexity index is 573. The summed E-state index contributed by atoms with van der Waals surface area (Å²) in [6.45, 7) is 3.15. The molecule has 1 aliphatic rings. The van der Waals surface area contributed by atoms with Crippen molar-refractivity contribution in [3.8, 4) is 0 Å². The summed E-state index contributed by atoms with van der Waals surface area (Å²) in [6.07, 6.45) is 1.93. The zero-order valence-electron chi connectivity index (χ0n) is 14.2. The van der Waals surface area contributed by atoms with Gasteiger partial charge in [-0.15, -0.1) is 0 Å². The van der Waals surface area contributed by atoms with Crippen molar-refractivity contribution in [2.24, 2.45) is 5.92 Å². The first-order valence-electron chi connectivity index (χ1n) is 8.20. The maximum Gasteiger partial charge on any atom is 0.311 e. The number of likely N-dealkylation sites (tertiary alicyclic amines) is 1. The first-order chi connectivity index (χ1) is 11.5. The zero-order chi connectivity index (χ0) is 17.5. The van der Waals surface area contributed by atoms with E-state index in [0.717, 1.165) is 12.0 Å². The number of piperidine rings is 1. The number of hydrogen-bond acceptors (Lipinski definition) is 5. The van der Waals surface area contributed by atoms with E-state index in [1.54, 1.807) is 28.2 Å². The molecule has 132 valence electrons. The highest BCUT2D eigenvalue weighted by Gasteiger charge is 2.29. The number of hydrogen-bond donors (Lipinski definition) is 0. The van der Waals surface area contributed by atoms with Gasteiger partial charge in [0.25, 0.3) is 5.91 Å². The van der Waals surface area contributed by atoms with E-state index in [0.29, 0.717) is 32.5 Å². The van der Waals surface area contributed by atoms with Crippen LogP contribution in [0.15, 0.2) is 16.8 Å². The summed E-state index contributed by atoms with van der Waals surface area (Å²) in [6, 6.07) is 1.96. The first kappa shape index (κ1) is 18.4. The Hall–Kier alpha value is -1.89. The van der Waals surface area contributed by atoms with Crippen LogP contribution in [0.25, 0.3) is 0 Å². The SMILES string of the molecule is CCC(=O)N1CCCC(C(=O)OCC(=O)N(C)Cc2ccsc2)C1. The second-order valence-electron chi connectivity index (χ2n) is 6.02. The van der Waals surface area contributed by atoms with Crippen molar-refractivity contribution in [2.75, 3.05) is 26.7 Å². The lowest BCUT2D eigenvalue weighted by Crippen LogP contribution is -2.43. The molecule has 1 aromatic heterocycles. The molecule has 1 aliphatic heterocycles. The van der Waals surface area contributed by atoms with Crippen LogP contribution in [-0.2, 0) is 25.7 Å². The molecule has 0 aliphatic carbocycles. The molecule has 2 rings (SSSR count). The first-order valence-corrected chi connectivity index (χ1v) is 9.15. The summed E-state index contributed by atoms with van der Waals surface area (Å²) < 4.78 is 5.18. The van der Waals surface area contributed by atoms with Crippen LogP contribution in [0, 0.1) is 5.92 Å². The van der Waals surface area contributed by atoms with Crippen molar-refractivity contribution >= 4 is 29.1 Å². The van der Waals surface area contributed by atoms with Gasteiger partial charge in [-0.1, -0.05) is 6.92 Å². The molecular weight excluding hydrogens is 328 g/mol. The van der Waals surface area contributed by atoms with E-state index in [-0.39, 0.29) is 30.3 Å². The van der Waals surface area contributed by atoms with Crippen LogP contribution in [0.1, 0.15) is 31.7 Å². The van der Waals surface area contributed by atoms with Gasteiger partial charge in [0.15, 0.2) is 6.61 Å². The number of amides is 2. The van der Waals surface area contributed by atoms with E-state index in [1.165, 1.54) is 0 Å². The Labute approximate surface area is 146 Å². The molecule has 0 aromatic carbocycles. The van der Waals surface area contributed by atoms with Crippen molar-refractivity contribution in [3.05, 3.63) is 22.4 Å². The lowest BCUT2D eigenvalue weighted by Gasteiger charge is -2.31. The number of thiophene rings is 1. The van der Waals surface area contributed by atoms with Gasteiger partial charge >= 0.3 is 5.97 Å². The number of likely N-dealkylation sites (N-methyl/N-ethyl adjacent to an activating group) is 1. The van der Waals surface area contributed by atoms with Gasteiger partial charge in [0, 0.05) is 33.1 Å². The van der Waals surface area contributed by atoms with Crippen LogP contribution in [0.4, 0.5) is 0 Å². The van der Waals surface area contributed by atoms with E-state index >= 15 is 0 Å². The number of ether oxygens (including phenoxy) is 1. The minimum absolute atomic E-state index is 0.0547. The van der Waals surface area contributed by atoms with Crippen LogP contribution in [0.3, 0.4) is 0 Å². The highest BCUT2D eigenvalue weighted by atomic mass is 32.1. The van der Waals surface area contributed by atoms with Crippen molar-refractivity contribution in [3.63, 3.8) is 0 Å². The fraction of sp³-hybridized carbons (Fsp3) is 0.588. The zero-order valence-corrected chi connectivity index (χ0v) is 15.0. The molecule has 1 aromatic rings. The second kappa shape index (κ2) is 8.82. The Morgan fingerprint density at radius 2 is 2.21 bits per heavy atom. The summed E-state index contributed by atoms with van der Waals surface area (Å²) >= 11 is 1.58. The molecule has 0 radical (unpaired) electrons. The molecule has 2 amide bonds. The smallest absolute Gasteiger partial charge is 0.311 e. The van der Waals surface area contributed by atoms with Gasteiger partial charge in [0.1, 0.15) is 0 Å². The van der Waals surface area contributed by atoms with Gasteiger partial charge in [-0.05, 0) is 35.2 Å². The predicted molar refractivity (Wildman–Crippen MR) is 91.3 cm³/mol. The average Bonchev–Trinajstić information content (AvgIpc) is 3.11. The van der Waals surface area contributed by atoms with Gasteiger partial charge in [-0.25, -0.2) is 0 Å². The Balaban J connectivity index is 1.77. The fourth-order valence-corrected chi connectivity index (χ4v) is 3.39. The average molecular weight is 352 g/mol. The minimum Gasteiger partial charge on any atom is -0.455 e. The van der Waals surface area contributed by atoms with Crippen LogP contribution in [-0.4, -0.2) is 54.3 Å². The van der Waals surface area contributed by atoms with Crippen molar-refractivity contribution in [2.45, 2.75) is 32.7 Å². The highest BCUT2D eigenvalue weighted by molar-refractivity contribution is 7.07. The van der Waals surface area contributed by atoms with Gasteiger partial charge in [-0.2, -0.15) is 11.3 Å². The Morgan fingerprint density at radius 1 is 1.42 bits per heavy atom. The van der Waals surface area contributed by atoms with E-state index < -0.39 is 0 Å². The highest BCUT2D eigenvalue weighted by Crippen LogP contribution is 2.18. The fourth-order valence-electron chi connectivity index (χ4n) is 2.73. The Kier molecular flexibility index (Phi) is 6.78. The molecule has 6 nitrogen and oxygen atoms in total. The molecule has 1 fully saturated rings. The monoisotopic (exact) mass is 352 g/mol. The third kappa shape index (κ3) is 5.06. The Morgan fingerprint density at radius 3 is 2.88 bits per heavy atom. The lowest BCUT2D eigenvalue weighted by molar-refractivity contribution is -0.157. The van der Waals surface area contributed by atoms with Crippen molar-refractivity contribution < 1.29 is 19.1 Å². The molecule has 2 heterocycles. The van der Waals surface area contributed by atoms with Crippen LogP contribution in [0.2, 0.25) is 0 Å². The van der Waals surface area contributed by atoms with Gasteiger partial charge in [0.05, 0.1) is 5.92 Å². The predicted octanol–water partition coefficient (Wildman–Crippen LogP) is 1.90. The number of esters is 1. The number of carbonyl (C=O) groups is 3. The molecule has 7 heteroatoms. The molecule has 1 atom stereocenters. The van der Waals surface area contributed by atoms with E-state index in [1.807, 2.05) is 23.8 Å². The minimum atomic E-state index is -0.388. The van der Waals surface area contributed by atoms with Gasteiger partial charge < -0.3 is 14.5 Å². The van der Waals surface area contributed by atoms with Gasteiger partial charge in [0.2, 0.25) is 5.91 Å². The topological polar surface area (TPSA) is 66.9 Å². The normalized spacial score (nSPS) is 17.4. The van der Waals surface area contributed by atoms with Crippen LogP contribution in [0.5, 0.6) is 0 Å². The summed E-state index contributed by atoms with van der Waals surface area (Å²) in [4.78, 5) is 39.2. The third-order valence-corrected chi connectivity index (χ3v) is 4.91. The molecule has 0 spiro atoms. The summed E-state index contributed by atoms with van der Waals surface area (Å²) in [7, 11) is 1.69. The molecule has 1 saturated heterocycles. The molecule has 24 heavy (non-hydrogen) atoms. The van der Waals surface area contributed by atoms with Crippen LogP contribution >= 0.6 is 11.3 Å². The van der Waals surface area contributed by atoms with Crippen molar-refractivity contribution in [1.82, 2.24) is 9.80 Å². The molecular formula is C17H24N2O4S. The summed E-state index contributed by atoms with van der Waals surface area (Å²) in [5, 5.41) is 3.94. The van der Waals surface area contributed by atoms with E-state index in [4.69, 9.17) is 4.74 Å². The summed E-state index contributed by atoms with van der Waals surface area (Å²) in [5.74, 6) is -0.893. The van der Waals surface area contributed by atoms with E-state index in [2.05, 4.69) is 0 Å². The quantitative estimate of drug-likeness (QED) is 0.734. The number of rotatable bonds is 6. The van der Waals surface area contributed by atoms with Gasteiger partial charge in [-0.3, -0.25) is 14.4 Å². The van der Waals surface area contributed by atoms with Crippen LogP contribution < -0.4 is 0 Å². The molecule has 1 unspecified atom stereocenters. The lowest BCUT2D eigenvalue weighted by atomic mass is 9.98. The maximum atomic E-state index is 12.2. The number of nitrogens with zero attached hydrogens (tertiary/aromatic N) is 2. The van der Waals surface area contributed by atoms with E-state index in [9.17, 15) is 14.4 Å². The standard InChI is InChI=1S/C17H24N2O4S/c1-3-15(20)19-7-4-5-14(10-19)17(22)23-11-16(21)18(2)9-13-6-8-24-12-13/h6,8,12,14H,3-5,7,9-11H2,1-2H3. The third-order valence-electron chi connectivity index (χ3n) is 4.17. The maximum absolute atomic E-state index is 12.2. The number of carbonyl (C=O) groups excluding carboxylic acids is 3. The summed E-state index contributed by atoms with van der Waals surface area (Å²) in [5.41, 5.74) is 1.06. The largest absolute Gasteiger partial charge is 0.455 e. The second-order valence-corrected chi connectivity index (χ2v) is 6.80. The molecule has 0 saturated carbocycles. The van der Waals surface area contributed by atoms with Crippen molar-refractivity contribution in [1.29, 1.82) is 0 Å².